The quantitative estimate of drug-likeness (QED) is 0.495. The number of thioether (sulfide) groups is 1. The first-order chi connectivity index (χ1) is 12.9. The van der Waals surface area contributed by atoms with Gasteiger partial charge in [0.2, 0.25) is 0 Å². The minimum absolute atomic E-state index is 0.0862. The van der Waals surface area contributed by atoms with Crippen LogP contribution in [0.1, 0.15) is 32.4 Å². The number of hydrogen-bond acceptors (Lipinski definition) is 8. The number of ether oxygens (including phenoxy) is 3. The summed E-state index contributed by atoms with van der Waals surface area (Å²) in [5, 5.41) is 10.3. The standard InChI is InChI=1S/C15H20FN3O7S/c1-2-3-4-5-24-15(23)25-7-11-26-10(8-27-11)19-6-9(16)12(17-13(19)20)18-14(21)22/h6,10-11H,2-5,7-8H2,1H3,(H,21,22)(H,17,18,20)/t10-,11+/m0/s1. The molecule has 0 unspecified atom stereocenters. The highest BCUT2D eigenvalue weighted by Crippen LogP contribution is 2.31. The predicted octanol–water partition coefficient (Wildman–Crippen LogP) is 2.40. The number of carbonyl (C=O) groups excluding carboxylic acids is 1. The molecule has 1 aliphatic rings. The number of carbonyl (C=O) groups is 2. The summed E-state index contributed by atoms with van der Waals surface area (Å²) in [7, 11) is 0. The second-order valence-electron chi connectivity index (χ2n) is 5.53. The number of hydrogen-bond donors (Lipinski definition) is 2. The van der Waals surface area contributed by atoms with E-state index in [1.54, 1.807) is 5.32 Å². The molecule has 12 heteroatoms. The summed E-state index contributed by atoms with van der Waals surface area (Å²) in [4.78, 5) is 37.3. The Bertz CT molecular complexity index is 730. The summed E-state index contributed by atoms with van der Waals surface area (Å²) in [6.07, 6.45) is 0.383. The van der Waals surface area contributed by atoms with Crippen LogP contribution in [0.15, 0.2) is 11.0 Å². The first kappa shape index (κ1) is 21.0. The van der Waals surface area contributed by atoms with Crippen molar-refractivity contribution in [3.63, 3.8) is 0 Å². The van der Waals surface area contributed by atoms with Crippen LogP contribution in [0, 0.1) is 5.82 Å². The summed E-state index contributed by atoms with van der Waals surface area (Å²) in [6, 6.07) is 0. The lowest BCUT2D eigenvalue weighted by Crippen LogP contribution is -2.30. The fraction of sp³-hybridized carbons (Fsp3) is 0.600. The fourth-order valence-electron chi connectivity index (χ4n) is 2.20. The molecule has 0 aromatic carbocycles. The summed E-state index contributed by atoms with van der Waals surface area (Å²) in [5.74, 6) is -1.40. The van der Waals surface area contributed by atoms with Crippen molar-refractivity contribution in [2.45, 2.75) is 37.9 Å². The molecule has 0 bridgehead atoms. The number of rotatable bonds is 8. The van der Waals surface area contributed by atoms with Crippen molar-refractivity contribution in [1.82, 2.24) is 9.55 Å². The first-order valence-corrected chi connectivity index (χ1v) is 9.30. The second kappa shape index (κ2) is 10.1. The van der Waals surface area contributed by atoms with Crippen LogP contribution < -0.4 is 11.0 Å². The second-order valence-corrected chi connectivity index (χ2v) is 6.72. The maximum Gasteiger partial charge on any atom is 0.508 e. The highest BCUT2D eigenvalue weighted by Gasteiger charge is 2.30. The van der Waals surface area contributed by atoms with Gasteiger partial charge in [0.1, 0.15) is 18.3 Å². The maximum atomic E-state index is 13.9. The molecular weight excluding hydrogens is 385 g/mol. The maximum absolute atomic E-state index is 13.9. The van der Waals surface area contributed by atoms with Crippen molar-refractivity contribution >= 4 is 29.8 Å². The molecule has 1 fully saturated rings. The Balaban J connectivity index is 1.85. The molecule has 0 spiro atoms. The minimum Gasteiger partial charge on any atom is -0.465 e. The summed E-state index contributed by atoms with van der Waals surface area (Å²) in [5.41, 5.74) is -1.42. The number of nitrogens with one attached hydrogen (secondary N) is 1. The normalized spacial score (nSPS) is 18.9. The number of amides is 1. The van der Waals surface area contributed by atoms with Gasteiger partial charge in [0.25, 0.3) is 0 Å². The third-order valence-corrected chi connectivity index (χ3v) is 4.58. The van der Waals surface area contributed by atoms with Crippen LogP contribution in [-0.2, 0) is 14.2 Å². The Morgan fingerprint density at radius 2 is 2.26 bits per heavy atom. The minimum atomic E-state index is -1.54. The van der Waals surface area contributed by atoms with Gasteiger partial charge in [-0.3, -0.25) is 9.88 Å². The van der Waals surface area contributed by atoms with Gasteiger partial charge in [-0.05, 0) is 6.42 Å². The molecule has 10 nitrogen and oxygen atoms in total. The van der Waals surface area contributed by atoms with Crippen LogP contribution in [-0.4, -0.2) is 51.3 Å². The zero-order chi connectivity index (χ0) is 19.8. The lowest BCUT2D eigenvalue weighted by Gasteiger charge is -2.15. The van der Waals surface area contributed by atoms with E-state index in [9.17, 15) is 18.8 Å². The van der Waals surface area contributed by atoms with Gasteiger partial charge in [-0.2, -0.15) is 4.98 Å². The monoisotopic (exact) mass is 405 g/mol. The van der Waals surface area contributed by atoms with Gasteiger partial charge in [0, 0.05) is 5.75 Å². The van der Waals surface area contributed by atoms with Gasteiger partial charge in [-0.1, -0.05) is 19.8 Å². The number of anilines is 1. The van der Waals surface area contributed by atoms with Crippen LogP contribution in [0.4, 0.5) is 19.8 Å². The van der Waals surface area contributed by atoms with E-state index < -0.39 is 41.2 Å². The Hall–Kier alpha value is -2.34. The largest absolute Gasteiger partial charge is 0.508 e. The average molecular weight is 405 g/mol. The molecule has 27 heavy (non-hydrogen) atoms. The topological polar surface area (TPSA) is 129 Å². The number of unbranched alkanes of at least 4 members (excludes halogenated alkanes) is 2. The number of nitrogens with zero attached hydrogens (tertiary/aromatic N) is 2. The lowest BCUT2D eigenvalue weighted by molar-refractivity contribution is -0.0242. The highest BCUT2D eigenvalue weighted by atomic mass is 32.2. The molecule has 0 saturated carbocycles. The third kappa shape index (κ3) is 6.40. The van der Waals surface area contributed by atoms with E-state index in [0.717, 1.165) is 30.0 Å². The van der Waals surface area contributed by atoms with Gasteiger partial charge in [-0.15, -0.1) is 11.8 Å². The van der Waals surface area contributed by atoms with Crippen molar-refractivity contribution < 1.29 is 33.3 Å². The summed E-state index contributed by atoms with van der Waals surface area (Å²) in [6.45, 7) is 2.23. The van der Waals surface area contributed by atoms with E-state index >= 15 is 0 Å². The van der Waals surface area contributed by atoms with Crippen molar-refractivity contribution in [3.05, 3.63) is 22.5 Å². The molecular formula is C15H20FN3O7S. The number of aromatic nitrogens is 2. The Kier molecular flexibility index (Phi) is 7.85. The van der Waals surface area contributed by atoms with Crippen LogP contribution in [0.25, 0.3) is 0 Å². The van der Waals surface area contributed by atoms with E-state index in [1.807, 2.05) is 6.92 Å². The number of carboxylic acid groups (broad SMARTS) is 1. The molecule has 2 N–H and O–H groups in total. The molecule has 1 aliphatic heterocycles. The van der Waals surface area contributed by atoms with E-state index in [2.05, 4.69) is 4.98 Å². The first-order valence-electron chi connectivity index (χ1n) is 8.26. The van der Waals surface area contributed by atoms with Crippen LogP contribution in [0.5, 0.6) is 0 Å². The van der Waals surface area contributed by atoms with E-state index in [0.29, 0.717) is 5.75 Å². The molecule has 2 atom stereocenters. The van der Waals surface area contributed by atoms with E-state index in [1.165, 1.54) is 11.8 Å². The van der Waals surface area contributed by atoms with Crippen molar-refractivity contribution in [2.24, 2.45) is 0 Å². The van der Waals surface area contributed by atoms with E-state index in [-0.39, 0.29) is 13.2 Å². The van der Waals surface area contributed by atoms with Gasteiger partial charge in [0.15, 0.2) is 11.6 Å². The molecule has 1 amide bonds. The number of halogens is 1. The van der Waals surface area contributed by atoms with Crippen LogP contribution in [0.2, 0.25) is 0 Å². The molecule has 2 heterocycles. The molecule has 2 rings (SSSR count). The van der Waals surface area contributed by atoms with Crippen molar-refractivity contribution in [3.8, 4) is 0 Å². The zero-order valence-electron chi connectivity index (χ0n) is 14.6. The van der Waals surface area contributed by atoms with Crippen LogP contribution in [0.3, 0.4) is 0 Å². The zero-order valence-corrected chi connectivity index (χ0v) is 15.4. The highest BCUT2D eigenvalue weighted by molar-refractivity contribution is 8.00. The van der Waals surface area contributed by atoms with Crippen molar-refractivity contribution in [1.29, 1.82) is 0 Å². The van der Waals surface area contributed by atoms with E-state index in [4.69, 9.17) is 19.3 Å². The third-order valence-electron chi connectivity index (χ3n) is 3.48. The fourth-order valence-corrected chi connectivity index (χ4v) is 3.19. The van der Waals surface area contributed by atoms with Crippen molar-refractivity contribution in [2.75, 3.05) is 24.3 Å². The van der Waals surface area contributed by atoms with Gasteiger partial charge in [0.05, 0.1) is 12.8 Å². The predicted molar refractivity (Wildman–Crippen MR) is 93.3 cm³/mol. The SMILES string of the molecule is CCCCCOC(=O)OC[C@@H]1O[C@H](n2cc(F)c(NC(=O)O)nc2=O)CS1. The van der Waals surface area contributed by atoms with Crippen LogP contribution >= 0.6 is 11.8 Å². The van der Waals surface area contributed by atoms with Gasteiger partial charge < -0.3 is 19.3 Å². The molecule has 150 valence electrons. The summed E-state index contributed by atoms with van der Waals surface area (Å²) < 4.78 is 30.2. The van der Waals surface area contributed by atoms with Gasteiger partial charge >= 0.3 is 17.9 Å². The molecule has 0 radical (unpaired) electrons. The molecule has 0 aliphatic carbocycles. The lowest BCUT2D eigenvalue weighted by atomic mass is 10.3. The van der Waals surface area contributed by atoms with Gasteiger partial charge in [-0.25, -0.2) is 18.8 Å². The molecule has 1 aromatic rings. The molecule has 1 aromatic heterocycles. The Morgan fingerprint density at radius 3 is 2.96 bits per heavy atom. The Morgan fingerprint density at radius 1 is 1.48 bits per heavy atom. The summed E-state index contributed by atoms with van der Waals surface area (Å²) >= 11 is 1.27. The Labute approximate surface area is 158 Å². The molecule has 1 saturated heterocycles. The smallest absolute Gasteiger partial charge is 0.465 e. The average Bonchev–Trinajstić information content (AvgIpc) is 3.08.